The van der Waals surface area contributed by atoms with Crippen molar-refractivity contribution in [2.45, 2.75) is 6.92 Å². The number of nitriles is 1. The molecule has 0 saturated heterocycles. The molecule has 0 amide bonds. The van der Waals surface area contributed by atoms with Gasteiger partial charge in [-0.2, -0.15) is 5.26 Å². The fourth-order valence-electron chi connectivity index (χ4n) is 0.636. The molecular weight excluding hydrogens is 211 g/mol. The van der Waals surface area contributed by atoms with Gasteiger partial charge in [0.15, 0.2) is 11.5 Å². The van der Waals surface area contributed by atoms with Crippen molar-refractivity contribution in [1.29, 1.82) is 5.26 Å². The van der Waals surface area contributed by atoms with E-state index in [1.54, 1.807) is 13.0 Å². The zero-order valence-corrected chi connectivity index (χ0v) is 7.31. The molecule has 1 aromatic rings. The second kappa shape index (κ2) is 2.97. The first-order chi connectivity index (χ1) is 5.15. The molecule has 0 radical (unpaired) electrons. The number of halogens is 2. The molecule has 0 spiro atoms. The number of hydrogen-bond donors (Lipinski definition) is 0. The van der Waals surface area contributed by atoms with Gasteiger partial charge in [0.05, 0.1) is 0 Å². The maximum atomic E-state index is 12.7. The molecule has 0 fully saturated rings. The van der Waals surface area contributed by atoms with Crippen LogP contribution in [-0.2, 0) is 0 Å². The molecule has 0 atom stereocenters. The summed E-state index contributed by atoms with van der Waals surface area (Å²) in [5, 5.41) is 8.36. The molecule has 1 aromatic heterocycles. The Hall–Kier alpha value is -0.950. The van der Waals surface area contributed by atoms with E-state index in [0.717, 1.165) is 0 Å². The van der Waals surface area contributed by atoms with E-state index in [1.807, 2.05) is 0 Å². The van der Waals surface area contributed by atoms with Crippen molar-refractivity contribution in [3.05, 3.63) is 27.7 Å². The van der Waals surface area contributed by atoms with Gasteiger partial charge in [-0.25, -0.2) is 9.37 Å². The molecule has 0 unspecified atom stereocenters. The topological polar surface area (TPSA) is 36.7 Å². The van der Waals surface area contributed by atoms with Gasteiger partial charge in [0.25, 0.3) is 0 Å². The molecule has 56 valence electrons. The van der Waals surface area contributed by atoms with Crippen molar-refractivity contribution in [1.82, 2.24) is 4.98 Å². The quantitative estimate of drug-likeness (QED) is 0.621. The molecule has 0 aliphatic heterocycles. The molecule has 0 aliphatic rings. The Balaban J connectivity index is 3.35. The van der Waals surface area contributed by atoms with Gasteiger partial charge < -0.3 is 0 Å². The van der Waals surface area contributed by atoms with Crippen molar-refractivity contribution < 1.29 is 4.39 Å². The van der Waals surface area contributed by atoms with Crippen molar-refractivity contribution in [2.75, 3.05) is 0 Å². The SMILES string of the molecule is Cc1cc(F)c(C#N)nc1Br. The standard InChI is InChI=1S/C7H4BrFN2/c1-4-2-5(9)6(3-10)11-7(4)8/h2H,1H3. The Bertz CT molecular complexity index is 330. The summed E-state index contributed by atoms with van der Waals surface area (Å²) in [4.78, 5) is 3.67. The van der Waals surface area contributed by atoms with Gasteiger partial charge in [-0.1, -0.05) is 0 Å². The molecular formula is C7H4BrFN2. The first-order valence-electron chi connectivity index (χ1n) is 2.88. The summed E-state index contributed by atoms with van der Waals surface area (Å²) in [6.45, 7) is 1.71. The minimum absolute atomic E-state index is 0.178. The van der Waals surface area contributed by atoms with Crippen molar-refractivity contribution >= 4 is 15.9 Å². The van der Waals surface area contributed by atoms with E-state index < -0.39 is 5.82 Å². The number of aromatic nitrogens is 1. The zero-order valence-electron chi connectivity index (χ0n) is 5.73. The number of rotatable bonds is 0. The lowest BCUT2D eigenvalue weighted by Gasteiger charge is -1.97. The van der Waals surface area contributed by atoms with Crippen LogP contribution in [0.25, 0.3) is 0 Å². The van der Waals surface area contributed by atoms with Crippen LogP contribution in [0.4, 0.5) is 4.39 Å². The average molecular weight is 215 g/mol. The highest BCUT2D eigenvalue weighted by atomic mass is 79.9. The van der Waals surface area contributed by atoms with E-state index in [1.165, 1.54) is 6.07 Å². The summed E-state index contributed by atoms with van der Waals surface area (Å²) in [7, 11) is 0. The molecule has 1 heterocycles. The molecule has 0 N–H and O–H groups in total. The zero-order chi connectivity index (χ0) is 8.43. The first kappa shape index (κ1) is 8.15. The normalized spacial score (nSPS) is 9.27. The highest BCUT2D eigenvalue weighted by molar-refractivity contribution is 9.10. The number of pyridine rings is 1. The van der Waals surface area contributed by atoms with Crippen LogP contribution in [-0.4, -0.2) is 4.98 Å². The van der Waals surface area contributed by atoms with E-state index >= 15 is 0 Å². The van der Waals surface area contributed by atoms with E-state index in [-0.39, 0.29) is 5.69 Å². The van der Waals surface area contributed by atoms with Gasteiger partial charge >= 0.3 is 0 Å². The smallest absolute Gasteiger partial charge is 0.177 e. The van der Waals surface area contributed by atoms with Gasteiger partial charge in [-0.3, -0.25) is 0 Å². The van der Waals surface area contributed by atoms with Crippen LogP contribution < -0.4 is 0 Å². The van der Waals surface area contributed by atoms with Crippen LogP contribution in [0.1, 0.15) is 11.3 Å². The second-order valence-corrected chi connectivity index (χ2v) is 2.79. The number of hydrogen-bond acceptors (Lipinski definition) is 2. The minimum atomic E-state index is -0.576. The van der Waals surface area contributed by atoms with Crippen molar-refractivity contribution in [3.63, 3.8) is 0 Å². The van der Waals surface area contributed by atoms with Crippen molar-refractivity contribution in [2.24, 2.45) is 0 Å². The fraction of sp³-hybridized carbons (Fsp3) is 0.143. The predicted octanol–water partition coefficient (Wildman–Crippen LogP) is 2.16. The minimum Gasteiger partial charge on any atom is -0.227 e. The highest BCUT2D eigenvalue weighted by Gasteiger charge is 2.05. The summed E-state index contributed by atoms with van der Waals surface area (Å²) < 4.78 is 13.2. The number of nitrogens with zero attached hydrogens (tertiary/aromatic N) is 2. The summed E-state index contributed by atoms with van der Waals surface area (Å²) in [6.07, 6.45) is 0. The lowest BCUT2D eigenvalue weighted by Crippen LogP contribution is -1.92. The van der Waals surface area contributed by atoms with Gasteiger partial charge in [0.1, 0.15) is 10.7 Å². The molecule has 11 heavy (non-hydrogen) atoms. The van der Waals surface area contributed by atoms with Crippen LogP contribution >= 0.6 is 15.9 Å². The summed E-state index contributed by atoms with van der Waals surface area (Å²) >= 11 is 3.09. The van der Waals surface area contributed by atoms with Crippen LogP contribution in [0.15, 0.2) is 10.7 Å². The Morgan fingerprint density at radius 3 is 2.91 bits per heavy atom. The average Bonchev–Trinajstić information content (AvgIpc) is 1.97. The molecule has 0 aromatic carbocycles. The Morgan fingerprint density at radius 1 is 1.73 bits per heavy atom. The van der Waals surface area contributed by atoms with E-state index in [0.29, 0.717) is 10.2 Å². The Kier molecular flexibility index (Phi) is 2.20. The molecule has 2 nitrogen and oxygen atoms in total. The largest absolute Gasteiger partial charge is 0.227 e. The first-order valence-corrected chi connectivity index (χ1v) is 3.67. The van der Waals surface area contributed by atoms with Crippen LogP contribution in [0, 0.1) is 24.1 Å². The lowest BCUT2D eigenvalue weighted by atomic mass is 10.3. The van der Waals surface area contributed by atoms with E-state index in [9.17, 15) is 4.39 Å². The Morgan fingerprint density at radius 2 is 2.36 bits per heavy atom. The number of aryl methyl sites for hydroxylation is 1. The maximum Gasteiger partial charge on any atom is 0.177 e. The van der Waals surface area contributed by atoms with Gasteiger partial charge in [-0.05, 0) is 34.5 Å². The molecule has 0 bridgehead atoms. The van der Waals surface area contributed by atoms with Gasteiger partial charge in [0.2, 0.25) is 0 Å². The molecule has 0 aliphatic carbocycles. The van der Waals surface area contributed by atoms with Crippen LogP contribution in [0.5, 0.6) is 0 Å². The van der Waals surface area contributed by atoms with E-state index in [2.05, 4.69) is 20.9 Å². The molecule has 4 heteroatoms. The lowest BCUT2D eigenvalue weighted by molar-refractivity contribution is 0.614. The highest BCUT2D eigenvalue weighted by Crippen LogP contribution is 2.15. The third kappa shape index (κ3) is 1.55. The molecule has 0 saturated carbocycles. The van der Waals surface area contributed by atoms with Crippen LogP contribution in [0.2, 0.25) is 0 Å². The van der Waals surface area contributed by atoms with Gasteiger partial charge in [-0.15, -0.1) is 0 Å². The summed E-state index contributed by atoms with van der Waals surface area (Å²) in [5.41, 5.74) is 0.504. The molecule has 1 rings (SSSR count). The second-order valence-electron chi connectivity index (χ2n) is 2.04. The van der Waals surface area contributed by atoms with Crippen LogP contribution in [0.3, 0.4) is 0 Å². The predicted molar refractivity (Wildman–Crippen MR) is 41.3 cm³/mol. The fourth-order valence-corrected chi connectivity index (χ4v) is 0.928. The van der Waals surface area contributed by atoms with E-state index in [4.69, 9.17) is 5.26 Å². The summed E-state index contributed by atoms with van der Waals surface area (Å²) in [5.74, 6) is -0.576. The Labute approximate surface area is 71.8 Å². The monoisotopic (exact) mass is 214 g/mol. The third-order valence-electron chi connectivity index (χ3n) is 1.21. The van der Waals surface area contributed by atoms with Crippen molar-refractivity contribution in [3.8, 4) is 6.07 Å². The maximum absolute atomic E-state index is 12.7. The summed E-state index contributed by atoms with van der Waals surface area (Å²) in [6, 6.07) is 2.92. The van der Waals surface area contributed by atoms with Gasteiger partial charge in [0, 0.05) is 0 Å². The third-order valence-corrected chi connectivity index (χ3v) is 2.01.